The fourth-order valence-corrected chi connectivity index (χ4v) is 5.98. The molecule has 1 nitrogen and oxygen atoms in total. The summed E-state index contributed by atoms with van der Waals surface area (Å²) in [7, 11) is 0. The van der Waals surface area contributed by atoms with E-state index in [1.54, 1.807) is 0 Å². The van der Waals surface area contributed by atoms with E-state index >= 15 is 0 Å². The highest BCUT2D eigenvalue weighted by molar-refractivity contribution is 6.16. The minimum Gasteiger partial charge on any atom is -0.309 e. The number of aromatic nitrogens is 1. The van der Waals surface area contributed by atoms with Crippen LogP contribution < -0.4 is 5.35 Å². The van der Waals surface area contributed by atoms with Crippen molar-refractivity contribution in [3.63, 3.8) is 0 Å². The van der Waals surface area contributed by atoms with Crippen LogP contribution in [0.4, 0.5) is 0 Å². The standard InChI is InChI=1S/C37H27N/c1-4-26-20-27-15-11-18-31(34(27)23-33(26)30-16-8-5-12-24(30)2)29-21-28-14-7-6-13-25(3)38-36-19-10-9-17-32(36)35(22-29)37(28)38/h4-23H,1,3H2,2H3. The highest BCUT2D eigenvalue weighted by Crippen LogP contribution is 2.39. The number of hydrogen-bond acceptors (Lipinski definition) is 0. The molecule has 0 aliphatic carbocycles. The molecule has 0 aliphatic rings. The summed E-state index contributed by atoms with van der Waals surface area (Å²) in [6.45, 7) is 10.7. The fraction of sp³-hybridized carbons (Fsp3) is 0.0270. The van der Waals surface area contributed by atoms with Crippen LogP contribution in [0.3, 0.4) is 0 Å². The highest BCUT2D eigenvalue weighted by Gasteiger charge is 2.15. The van der Waals surface area contributed by atoms with Crippen LogP contribution in [0.2, 0.25) is 0 Å². The van der Waals surface area contributed by atoms with Crippen molar-refractivity contribution >= 4 is 50.6 Å². The maximum Gasteiger partial charge on any atom is 0.0613 e. The van der Waals surface area contributed by atoms with E-state index in [2.05, 4.69) is 140 Å². The van der Waals surface area contributed by atoms with Crippen LogP contribution in [0.5, 0.6) is 0 Å². The first-order valence-corrected chi connectivity index (χ1v) is 13.0. The highest BCUT2D eigenvalue weighted by atomic mass is 14.9. The number of benzene rings is 5. The summed E-state index contributed by atoms with van der Waals surface area (Å²) in [4.78, 5) is 0. The quantitative estimate of drug-likeness (QED) is 0.235. The summed E-state index contributed by atoms with van der Waals surface area (Å²) in [6.07, 6.45) is 1.97. The molecule has 2 heterocycles. The van der Waals surface area contributed by atoms with E-state index in [1.165, 1.54) is 65.8 Å². The van der Waals surface area contributed by atoms with Gasteiger partial charge in [0, 0.05) is 16.1 Å². The zero-order valence-corrected chi connectivity index (χ0v) is 21.4. The molecular weight excluding hydrogens is 458 g/mol. The van der Waals surface area contributed by atoms with Crippen molar-refractivity contribution < 1.29 is 0 Å². The number of nitrogens with zero attached hydrogens (tertiary/aromatic N) is 1. The molecule has 0 saturated carbocycles. The van der Waals surface area contributed by atoms with Gasteiger partial charge in [-0.1, -0.05) is 98.1 Å². The van der Waals surface area contributed by atoms with Crippen molar-refractivity contribution in [2.75, 3.05) is 0 Å². The first kappa shape index (κ1) is 22.3. The smallest absolute Gasteiger partial charge is 0.0613 e. The van der Waals surface area contributed by atoms with E-state index in [1.807, 2.05) is 6.08 Å². The Labute approximate surface area is 222 Å². The molecule has 180 valence electrons. The Morgan fingerprint density at radius 1 is 0.605 bits per heavy atom. The minimum atomic E-state index is 0.972. The van der Waals surface area contributed by atoms with Crippen molar-refractivity contribution in [1.82, 2.24) is 4.40 Å². The SMILES string of the molecule is C=Cc1cc2cccc(-c3cc4ccccc(=C)n5c6ccccc6c(c3)c45)c2cc1-c1ccccc1C. The van der Waals surface area contributed by atoms with Crippen LogP contribution in [0, 0.1) is 6.92 Å². The summed E-state index contributed by atoms with van der Waals surface area (Å²) in [6, 6.07) is 41.6. The summed E-state index contributed by atoms with van der Waals surface area (Å²) >= 11 is 0. The molecule has 0 bridgehead atoms. The number of fused-ring (bicyclic) bond motifs is 4. The molecule has 1 heteroatoms. The number of rotatable bonds is 3. The van der Waals surface area contributed by atoms with Crippen molar-refractivity contribution in [2.24, 2.45) is 0 Å². The van der Waals surface area contributed by atoms with Gasteiger partial charge in [-0.25, -0.2) is 0 Å². The van der Waals surface area contributed by atoms with Crippen LogP contribution >= 0.6 is 0 Å². The van der Waals surface area contributed by atoms with Crippen LogP contribution in [0.15, 0.2) is 122 Å². The zero-order chi connectivity index (χ0) is 25.8. The average Bonchev–Trinajstić information content (AvgIpc) is 3.28. The lowest BCUT2D eigenvalue weighted by Crippen LogP contribution is -2.07. The minimum absolute atomic E-state index is 0.972. The molecule has 7 aromatic rings. The molecule has 38 heavy (non-hydrogen) atoms. The number of aryl methyl sites for hydroxylation is 1. The second-order valence-corrected chi connectivity index (χ2v) is 10.0. The molecule has 0 aliphatic heterocycles. The molecule has 0 saturated heterocycles. The van der Waals surface area contributed by atoms with Gasteiger partial charge in [-0.05, 0) is 92.9 Å². The molecule has 0 N–H and O–H groups in total. The lowest BCUT2D eigenvalue weighted by Gasteiger charge is -2.15. The summed E-state index contributed by atoms with van der Waals surface area (Å²) in [5, 5.41) is 7.11. The number of para-hydroxylation sites is 1. The molecule has 5 aromatic carbocycles. The van der Waals surface area contributed by atoms with Gasteiger partial charge in [-0.15, -0.1) is 0 Å². The fourth-order valence-electron chi connectivity index (χ4n) is 5.98. The lowest BCUT2D eigenvalue weighted by molar-refractivity contribution is 1.21. The Morgan fingerprint density at radius 2 is 1.34 bits per heavy atom. The van der Waals surface area contributed by atoms with E-state index in [9.17, 15) is 0 Å². The predicted octanol–water partition coefficient (Wildman–Crippen LogP) is 9.38. The van der Waals surface area contributed by atoms with Gasteiger partial charge in [0.15, 0.2) is 0 Å². The van der Waals surface area contributed by atoms with Crippen molar-refractivity contribution in [3.8, 4) is 22.3 Å². The maximum atomic E-state index is 4.38. The largest absolute Gasteiger partial charge is 0.309 e. The second kappa shape index (κ2) is 8.61. The Balaban J connectivity index is 1.60. The van der Waals surface area contributed by atoms with E-state index in [4.69, 9.17) is 0 Å². The normalized spacial score (nSPS) is 11.5. The molecule has 0 atom stereocenters. The van der Waals surface area contributed by atoms with Gasteiger partial charge in [0.05, 0.1) is 11.0 Å². The van der Waals surface area contributed by atoms with Gasteiger partial charge in [0.2, 0.25) is 0 Å². The van der Waals surface area contributed by atoms with E-state index in [0.717, 1.165) is 10.9 Å². The molecule has 0 amide bonds. The van der Waals surface area contributed by atoms with E-state index in [-0.39, 0.29) is 0 Å². The molecule has 2 aromatic heterocycles. The monoisotopic (exact) mass is 485 g/mol. The Kier molecular flexibility index (Phi) is 5.06. The maximum absolute atomic E-state index is 4.38. The first-order valence-electron chi connectivity index (χ1n) is 13.0. The van der Waals surface area contributed by atoms with Gasteiger partial charge >= 0.3 is 0 Å². The Hall–Kier alpha value is -4.88. The molecule has 7 rings (SSSR count). The third-order valence-corrected chi connectivity index (χ3v) is 7.78. The average molecular weight is 486 g/mol. The summed E-state index contributed by atoms with van der Waals surface area (Å²) in [5.41, 5.74) is 9.70. The zero-order valence-electron chi connectivity index (χ0n) is 21.4. The lowest BCUT2D eigenvalue weighted by atomic mass is 9.89. The molecule has 0 spiro atoms. The third-order valence-electron chi connectivity index (χ3n) is 7.78. The molecule has 0 fully saturated rings. The van der Waals surface area contributed by atoms with Crippen molar-refractivity contribution in [1.29, 1.82) is 0 Å². The van der Waals surface area contributed by atoms with Crippen LogP contribution in [0.25, 0.3) is 72.9 Å². The van der Waals surface area contributed by atoms with E-state index < -0.39 is 0 Å². The Morgan fingerprint density at radius 3 is 2.21 bits per heavy atom. The van der Waals surface area contributed by atoms with Crippen molar-refractivity contribution in [2.45, 2.75) is 6.92 Å². The second-order valence-electron chi connectivity index (χ2n) is 10.0. The van der Waals surface area contributed by atoms with Gasteiger partial charge in [0.1, 0.15) is 0 Å². The molecular formula is C37H27N. The summed E-state index contributed by atoms with van der Waals surface area (Å²) < 4.78 is 2.29. The first-order chi connectivity index (χ1) is 18.6. The topological polar surface area (TPSA) is 4.41 Å². The van der Waals surface area contributed by atoms with Crippen molar-refractivity contribution in [3.05, 3.63) is 138 Å². The Bertz CT molecular complexity index is 2120. The van der Waals surface area contributed by atoms with Crippen LogP contribution in [-0.2, 0) is 0 Å². The van der Waals surface area contributed by atoms with Crippen LogP contribution in [-0.4, -0.2) is 4.40 Å². The molecule has 0 unspecified atom stereocenters. The van der Waals surface area contributed by atoms with E-state index in [0.29, 0.717) is 0 Å². The number of hydrogen-bond donors (Lipinski definition) is 0. The van der Waals surface area contributed by atoms with Crippen LogP contribution in [0.1, 0.15) is 11.1 Å². The van der Waals surface area contributed by atoms with Gasteiger partial charge < -0.3 is 4.40 Å². The molecule has 0 radical (unpaired) electrons. The summed E-state index contributed by atoms with van der Waals surface area (Å²) in [5.74, 6) is 0. The predicted molar refractivity (Wildman–Crippen MR) is 165 cm³/mol. The third kappa shape index (κ3) is 3.33. The van der Waals surface area contributed by atoms with Gasteiger partial charge in [-0.3, -0.25) is 0 Å². The van der Waals surface area contributed by atoms with Gasteiger partial charge in [-0.2, -0.15) is 0 Å². The van der Waals surface area contributed by atoms with Gasteiger partial charge in [0.25, 0.3) is 0 Å².